The van der Waals surface area contributed by atoms with Crippen molar-refractivity contribution in [1.82, 2.24) is 16.2 Å². The van der Waals surface area contributed by atoms with E-state index in [-0.39, 0.29) is 25.0 Å². The van der Waals surface area contributed by atoms with Gasteiger partial charge in [0.15, 0.2) is 11.7 Å². The molecule has 4 N–H and O–H groups in total. The maximum absolute atomic E-state index is 12.1. The van der Waals surface area contributed by atoms with E-state index in [9.17, 15) is 9.59 Å². The summed E-state index contributed by atoms with van der Waals surface area (Å²) in [6, 6.07) is 7.10. The number of hydrazine groups is 1. The Labute approximate surface area is 146 Å². The number of hydrogen-bond donors (Lipinski definition) is 4. The molecular weight excluding hydrogens is 330 g/mol. The Morgan fingerprint density at radius 3 is 2.83 bits per heavy atom. The number of quaternary nitrogens is 1. The number of amides is 2. The van der Waals surface area contributed by atoms with Crippen LogP contribution in [0, 0.1) is 0 Å². The maximum Gasteiger partial charge on any atom is 0.265 e. The van der Waals surface area contributed by atoms with E-state index in [4.69, 9.17) is 17.0 Å². The molecule has 1 aliphatic rings. The number of anilines is 1. The van der Waals surface area contributed by atoms with Gasteiger partial charge in [0.2, 0.25) is 0 Å². The van der Waals surface area contributed by atoms with Crippen molar-refractivity contribution in [3.05, 3.63) is 24.3 Å². The number of hydrogen-bond acceptors (Lipinski definition) is 4. The Kier molecular flexibility index (Phi) is 6.33. The van der Waals surface area contributed by atoms with Gasteiger partial charge in [0.05, 0.1) is 32.9 Å². The molecule has 8 nitrogen and oxygen atoms in total. The first kappa shape index (κ1) is 18.0. The van der Waals surface area contributed by atoms with E-state index in [0.717, 1.165) is 6.54 Å². The molecule has 0 saturated carbocycles. The Bertz CT molecular complexity index is 623. The van der Waals surface area contributed by atoms with Crippen molar-refractivity contribution < 1.29 is 19.2 Å². The third-order valence-corrected chi connectivity index (χ3v) is 3.58. The molecule has 0 aromatic heterocycles. The molecule has 130 valence electrons. The maximum atomic E-state index is 12.1. The van der Waals surface area contributed by atoms with Gasteiger partial charge in [-0.05, 0) is 24.4 Å². The highest BCUT2D eigenvalue weighted by atomic mass is 32.1. The van der Waals surface area contributed by atoms with Gasteiger partial charge in [0, 0.05) is 0 Å². The molecule has 0 spiro atoms. The van der Waals surface area contributed by atoms with Crippen LogP contribution in [0.1, 0.15) is 0 Å². The number of para-hydroxylation sites is 2. The summed E-state index contributed by atoms with van der Waals surface area (Å²) in [6.45, 7) is 1.40. The highest BCUT2D eigenvalue weighted by Crippen LogP contribution is 2.30. The number of ether oxygens (including phenoxy) is 1. The van der Waals surface area contributed by atoms with Gasteiger partial charge in [-0.2, -0.15) is 0 Å². The second-order valence-corrected chi connectivity index (χ2v) is 6.03. The fraction of sp³-hybridized carbons (Fsp3) is 0.400. The summed E-state index contributed by atoms with van der Waals surface area (Å²) in [5.41, 5.74) is 5.69. The molecule has 1 aromatic rings. The first-order valence-electron chi connectivity index (χ1n) is 7.61. The quantitative estimate of drug-likeness (QED) is 0.364. The van der Waals surface area contributed by atoms with Gasteiger partial charge < -0.3 is 15.0 Å². The zero-order valence-corrected chi connectivity index (χ0v) is 14.5. The van der Waals surface area contributed by atoms with Crippen LogP contribution >= 0.6 is 12.2 Å². The third kappa shape index (κ3) is 5.07. The summed E-state index contributed by atoms with van der Waals surface area (Å²) >= 11 is 5.07. The lowest BCUT2D eigenvalue weighted by Gasteiger charge is -2.28. The molecular formula is C15H22N5O3S+. The second-order valence-electron chi connectivity index (χ2n) is 5.62. The van der Waals surface area contributed by atoms with Crippen molar-refractivity contribution in [2.75, 3.05) is 45.2 Å². The Morgan fingerprint density at radius 1 is 1.33 bits per heavy atom. The number of likely N-dealkylation sites (N-methyl/N-ethyl adjacent to an activating group) is 1. The largest absolute Gasteiger partial charge is 0.482 e. The topological polar surface area (TPSA) is 87.1 Å². The van der Waals surface area contributed by atoms with Crippen LogP contribution in [-0.2, 0) is 9.59 Å². The van der Waals surface area contributed by atoms with Crippen molar-refractivity contribution in [2.24, 2.45) is 0 Å². The predicted octanol–water partition coefficient (Wildman–Crippen LogP) is -1.95. The third-order valence-electron chi connectivity index (χ3n) is 3.34. The lowest BCUT2D eigenvalue weighted by Crippen LogP contribution is -3.06. The summed E-state index contributed by atoms with van der Waals surface area (Å²) in [7, 11) is 4.08. The highest BCUT2D eigenvalue weighted by Gasteiger charge is 2.26. The van der Waals surface area contributed by atoms with Crippen LogP contribution in [-0.4, -0.2) is 57.3 Å². The molecule has 0 aliphatic carbocycles. The van der Waals surface area contributed by atoms with Gasteiger partial charge in [-0.1, -0.05) is 12.1 Å². The second kappa shape index (κ2) is 8.46. The lowest BCUT2D eigenvalue weighted by molar-refractivity contribution is -0.856. The Morgan fingerprint density at radius 2 is 2.08 bits per heavy atom. The SMILES string of the molecule is C[NH+](C)CCNC(=S)NNC(=O)CN1C(=O)COc2ccccc21. The molecule has 0 saturated heterocycles. The number of carbonyl (C=O) groups excluding carboxylic acids is 2. The van der Waals surface area contributed by atoms with E-state index in [1.165, 1.54) is 9.80 Å². The summed E-state index contributed by atoms with van der Waals surface area (Å²) in [5.74, 6) is -0.0535. The van der Waals surface area contributed by atoms with Crippen LogP contribution in [0.4, 0.5) is 5.69 Å². The minimum absolute atomic E-state index is 0.0788. The molecule has 1 aliphatic heterocycles. The summed E-state index contributed by atoms with van der Waals surface area (Å²) in [4.78, 5) is 26.7. The molecule has 24 heavy (non-hydrogen) atoms. The fourth-order valence-corrected chi connectivity index (χ4v) is 2.26. The van der Waals surface area contributed by atoms with Crippen molar-refractivity contribution in [2.45, 2.75) is 0 Å². The minimum Gasteiger partial charge on any atom is -0.482 e. The zero-order valence-electron chi connectivity index (χ0n) is 13.7. The fourth-order valence-electron chi connectivity index (χ4n) is 2.11. The Balaban J connectivity index is 1.82. The minimum atomic E-state index is -0.373. The standard InChI is InChI=1S/C15H21N5O3S/c1-19(2)8-7-16-15(24)18-17-13(21)9-20-11-5-3-4-6-12(11)23-10-14(20)22/h3-6H,7-10H2,1-2H3,(H,17,21)(H2,16,18,24)/p+1. The molecule has 9 heteroatoms. The lowest BCUT2D eigenvalue weighted by atomic mass is 10.2. The van der Waals surface area contributed by atoms with E-state index in [1.807, 2.05) is 20.2 Å². The Hall–Kier alpha value is -2.39. The normalized spacial score (nSPS) is 13.1. The molecule has 2 rings (SSSR count). The number of rotatable bonds is 5. The first-order valence-corrected chi connectivity index (χ1v) is 8.02. The molecule has 0 radical (unpaired) electrons. The van der Waals surface area contributed by atoms with Crippen molar-refractivity contribution in [3.8, 4) is 5.75 Å². The van der Waals surface area contributed by atoms with Gasteiger partial charge in [0.25, 0.3) is 11.8 Å². The van der Waals surface area contributed by atoms with Crippen LogP contribution in [0.2, 0.25) is 0 Å². The summed E-state index contributed by atoms with van der Waals surface area (Å²) in [5, 5.41) is 3.31. The van der Waals surface area contributed by atoms with Gasteiger partial charge in [0.1, 0.15) is 12.3 Å². The zero-order chi connectivity index (χ0) is 17.5. The van der Waals surface area contributed by atoms with Crippen molar-refractivity contribution >= 4 is 34.8 Å². The molecule has 0 unspecified atom stereocenters. The average molecular weight is 352 g/mol. The van der Waals surface area contributed by atoms with E-state index in [2.05, 4.69) is 16.2 Å². The summed E-state index contributed by atoms with van der Waals surface area (Å²) in [6.07, 6.45) is 0. The number of nitrogens with one attached hydrogen (secondary N) is 4. The van der Waals surface area contributed by atoms with Gasteiger partial charge in [-0.25, -0.2) is 0 Å². The van der Waals surface area contributed by atoms with Crippen LogP contribution in [0.3, 0.4) is 0 Å². The molecule has 0 bridgehead atoms. The number of benzene rings is 1. The monoisotopic (exact) mass is 352 g/mol. The number of thiocarbonyl (C=S) groups is 1. The van der Waals surface area contributed by atoms with Crippen LogP contribution < -0.4 is 30.7 Å². The summed E-state index contributed by atoms with van der Waals surface area (Å²) < 4.78 is 5.34. The number of carbonyl (C=O) groups is 2. The molecule has 1 heterocycles. The predicted molar refractivity (Wildman–Crippen MR) is 93.8 cm³/mol. The van der Waals surface area contributed by atoms with Crippen LogP contribution in [0.25, 0.3) is 0 Å². The van der Waals surface area contributed by atoms with E-state index in [0.29, 0.717) is 23.1 Å². The van der Waals surface area contributed by atoms with Gasteiger partial charge >= 0.3 is 0 Å². The molecule has 1 aromatic carbocycles. The van der Waals surface area contributed by atoms with Crippen molar-refractivity contribution in [1.29, 1.82) is 0 Å². The van der Waals surface area contributed by atoms with Crippen molar-refractivity contribution in [3.63, 3.8) is 0 Å². The van der Waals surface area contributed by atoms with Gasteiger partial charge in [-0.15, -0.1) is 0 Å². The number of fused-ring (bicyclic) bond motifs is 1. The highest BCUT2D eigenvalue weighted by molar-refractivity contribution is 7.80. The van der Waals surface area contributed by atoms with Crippen LogP contribution in [0.5, 0.6) is 5.75 Å². The smallest absolute Gasteiger partial charge is 0.265 e. The average Bonchev–Trinajstić information content (AvgIpc) is 2.55. The first-order chi connectivity index (χ1) is 11.5. The van der Waals surface area contributed by atoms with Gasteiger partial charge in [-0.3, -0.25) is 25.3 Å². The van der Waals surface area contributed by atoms with Crippen LogP contribution in [0.15, 0.2) is 24.3 Å². The molecule has 0 atom stereocenters. The molecule has 0 fully saturated rings. The van der Waals surface area contributed by atoms with E-state index < -0.39 is 0 Å². The number of nitrogens with zero attached hydrogens (tertiary/aromatic N) is 1. The van der Waals surface area contributed by atoms with E-state index >= 15 is 0 Å². The van der Waals surface area contributed by atoms with E-state index in [1.54, 1.807) is 18.2 Å². The molecule has 2 amide bonds.